The number of carbonyl (C=O) groups excluding carboxylic acids is 3. The first kappa shape index (κ1) is 23.8. The summed E-state index contributed by atoms with van der Waals surface area (Å²) >= 11 is 0. The highest BCUT2D eigenvalue weighted by Gasteiger charge is 2.25. The van der Waals surface area contributed by atoms with Crippen LogP contribution >= 0.6 is 0 Å². The number of aromatic nitrogens is 1. The Labute approximate surface area is 188 Å². The molecule has 0 aromatic carbocycles. The Morgan fingerprint density at radius 3 is 2.75 bits per heavy atom. The fourth-order valence-electron chi connectivity index (χ4n) is 3.83. The highest BCUT2D eigenvalue weighted by molar-refractivity contribution is 5.99. The van der Waals surface area contributed by atoms with Crippen LogP contribution in [0, 0.1) is 0 Å². The molecule has 1 atom stereocenters. The van der Waals surface area contributed by atoms with Gasteiger partial charge in [0.1, 0.15) is 5.82 Å². The van der Waals surface area contributed by atoms with Gasteiger partial charge in [0.05, 0.1) is 18.3 Å². The van der Waals surface area contributed by atoms with Gasteiger partial charge in [0, 0.05) is 58.5 Å². The standard InChI is InChI=1S/C22H33N5O5/c1-2-31-19(28)8-4-10-24-22(30)27-13-11-26(12-14-27)20-18(7-3-9-23-20)21(29)25-16-17-6-5-15-32-17/h3,7,9,17H,2,4-6,8,10-16H2,1H3,(H,24,30)(H,25,29). The zero-order valence-electron chi connectivity index (χ0n) is 18.7. The average Bonchev–Trinajstić information content (AvgIpc) is 3.34. The number of hydrogen-bond donors (Lipinski definition) is 2. The summed E-state index contributed by atoms with van der Waals surface area (Å²) in [5, 5.41) is 5.80. The first-order valence-corrected chi connectivity index (χ1v) is 11.4. The molecule has 3 rings (SSSR count). The van der Waals surface area contributed by atoms with Crippen LogP contribution in [-0.2, 0) is 14.3 Å². The maximum Gasteiger partial charge on any atom is 0.317 e. The molecule has 10 heteroatoms. The maximum atomic E-state index is 12.7. The molecule has 1 unspecified atom stereocenters. The summed E-state index contributed by atoms with van der Waals surface area (Å²) in [4.78, 5) is 44.7. The first-order chi connectivity index (χ1) is 15.6. The zero-order valence-corrected chi connectivity index (χ0v) is 18.7. The SMILES string of the molecule is CCOC(=O)CCCNC(=O)N1CCN(c2ncccc2C(=O)NCC2CCCO2)CC1. The molecule has 0 saturated carbocycles. The van der Waals surface area contributed by atoms with Gasteiger partial charge in [-0.1, -0.05) is 0 Å². The number of nitrogens with one attached hydrogen (secondary N) is 2. The van der Waals surface area contributed by atoms with Crippen molar-refractivity contribution in [3.63, 3.8) is 0 Å². The minimum Gasteiger partial charge on any atom is -0.466 e. The number of rotatable bonds is 9. The lowest BCUT2D eigenvalue weighted by atomic mass is 10.2. The topological polar surface area (TPSA) is 113 Å². The lowest BCUT2D eigenvalue weighted by Crippen LogP contribution is -2.52. The highest BCUT2D eigenvalue weighted by Crippen LogP contribution is 2.19. The minimum absolute atomic E-state index is 0.0819. The van der Waals surface area contributed by atoms with Crippen molar-refractivity contribution < 1.29 is 23.9 Å². The number of urea groups is 1. The van der Waals surface area contributed by atoms with Gasteiger partial charge in [-0.3, -0.25) is 9.59 Å². The van der Waals surface area contributed by atoms with E-state index in [9.17, 15) is 14.4 Å². The van der Waals surface area contributed by atoms with E-state index in [-0.39, 0.29) is 24.0 Å². The van der Waals surface area contributed by atoms with Gasteiger partial charge in [0.25, 0.3) is 5.91 Å². The van der Waals surface area contributed by atoms with Crippen LogP contribution in [0.2, 0.25) is 0 Å². The second-order valence-electron chi connectivity index (χ2n) is 7.83. The van der Waals surface area contributed by atoms with E-state index in [0.29, 0.717) is 70.1 Å². The molecule has 1 aromatic rings. The Morgan fingerprint density at radius 2 is 2.03 bits per heavy atom. The summed E-state index contributed by atoms with van der Waals surface area (Å²) < 4.78 is 10.4. The van der Waals surface area contributed by atoms with Crippen molar-refractivity contribution in [2.45, 2.75) is 38.7 Å². The first-order valence-electron chi connectivity index (χ1n) is 11.4. The smallest absolute Gasteiger partial charge is 0.317 e. The monoisotopic (exact) mass is 447 g/mol. The van der Waals surface area contributed by atoms with Gasteiger partial charge in [-0.25, -0.2) is 9.78 Å². The van der Waals surface area contributed by atoms with Crippen LogP contribution in [0.25, 0.3) is 0 Å². The third-order valence-corrected chi connectivity index (χ3v) is 5.55. The fourth-order valence-corrected chi connectivity index (χ4v) is 3.83. The predicted molar refractivity (Wildman–Crippen MR) is 119 cm³/mol. The number of piperazine rings is 1. The molecule has 2 aliphatic heterocycles. The maximum absolute atomic E-state index is 12.7. The normalized spacial score (nSPS) is 18.3. The van der Waals surface area contributed by atoms with Crippen molar-refractivity contribution >= 4 is 23.7 Å². The number of carbonyl (C=O) groups is 3. The molecule has 2 saturated heterocycles. The van der Waals surface area contributed by atoms with Crippen molar-refractivity contribution in [2.75, 3.05) is 57.4 Å². The van der Waals surface area contributed by atoms with E-state index in [1.165, 1.54) is 0 Å². The van der Waals surface area contributed by atoms with Crippen LogP contribution in [0.1, 0.15) is 43.0 Å². The summed E-state index contributed by atoms with van der Waals surface area (Å²) in [6.45, 7) is 6.02. The Kier molecular flexibility index (Phi) is 9.09. The number of amides is 3. The van der Waals surface area contributed by atoms with E-state index < -0.39 is 0 Å². The largest absolute Gasteiger partial charge is 0.466 e. The Balaban J connectivity index is 1.45. The summed E-state index contributed by atoms with van der Waals surface area (Å²) in [6, 6.07) is 3.38. The Morgan fingerprint density at radius 1 is 1.22 bits per heavy atom. The van der Waals surface area contributed by atoms with Crippen LogP contribution in [0.5, 0.6) is 0 Å². The molecule has 176 valence electrons. The van der Waals surface area contributed by atoms with E-state index in [0.717, 1.165) is 19.4 Å². The van der Waals surface area contributed by atoms with Crippen molar-refractivity contribution in [1.82, 2.24) is 20.5 Å². The van der Waals surface area contributed by atoms with Gasteiger partial charge in [0.15, 0.2) is 0 Å². The van der Waals surface area contributed by atoms with Crippen LogP contribution in [0.15, 0.2) is 18.3 Å². The van der Waals surface area contributed by atoms with Gasteiger partial charge >= 0.3 is 12.0 Å². The average molecular weight is 448 g/mol. The van der Waals surface area contributed by atoms with Crippen molar-refractivity contribution in [1.29, 1.82) is 0 Å². The van der Waals surface area contributed by atoms with Crippen LogP contribution < -0.4 is 15.5 Å². The molecule has 2 N–H and O–H groups in total. The van der Waals surface area contributed by atoms with Gasteiger partial charge in [0.2, 0.25) is 0 Å². The molecule has 2 aliphatic rings. The van der Waals surface area contributed by atoms with E-state index in [4.69, 9.17) is 9.47 Å². The number of anilines is 1. The molecule has 2 fully saturated rings. The highest BCUT2D eigenvalue weighted by atomic mass is 16.5. The van der Waals surface area contributed by atoms with Crippen LogP contribution in [0.3, 0.4) is 0 Å². The number of ether oxygens (including phenoxy) is 2. The summed E-state index contributed by atoms with van der Waals surface area (Å²) in [5.74, 6) is 0.221. The Bertz CT molecular complexity index is 776. The lowest BCUT2D eigenvalue weighted by Gasteiger charge is -2.36. The lowest BCUT2D eigenvalue weighted by molar-refractivity contribution is -0.143. The molecular weight excluding hydrogens is 414 g/mol. The van der Waals surface area contributed by atoms with E-state index in [1.807, 2.05) is 4.90 Å². The fraction of sp³-hybridized carbons (Fsp3) is 0.636. The molecule has 0 bridgehead atoms. The quantitative estimate of drug-likeness (QED) is 0.431. The minimum atomic E-state index is -0.249. The summed E-state index contributed by atoms with van der Waals surface area (Å²) in [5.41, 5.74) is 0.530. The Hall–Kier alpha value is -2.88. The zero-order chi connectivity index (χ0) is 22.8. The molecule has 10 nitrogen and oxygen atoms in total. The molecule has 1 aromatic heterocycles. The third kappa shape index (κ3) is 6.81. The van der Waals surface area contributed by atoms with E-state index in [2.05, 4.69) is 15.6 Å². The van der Waals surface area contributed by atoms with Crippen LogP contribution in [0.4, 0.5) is 10.6 Å². The molecule has 3 amide bonds. The second kappa shape index (κ2) is 12.2. The number of pyridine rings is 1. The number of esters is 1. The molecular formula is C22H33N5O5. The number of nitrogens with zero attached hydrogens (tertiary/aromatic N) is 3. The van der Waals surface area contributed by atoms with Crippen molar-refractivity contribution in [3.8, 4) is 0 Å². The van der Waals surface area contributed by atoms with Gasteiger partial charge < -0.3 is 29.9 Å². The summed E-state index contributed by atoms with van der Waals surface area (Å²) in [6.07, 6.45) is 4.59. The van der Waals surface area contributed by atoms with Crippen molar-refractivity contribution in [2.24, 2.45) is 0 Å². The number of hydrogen-bond acceptors (Lipinski definition) is 7. The van der Waals surface area contributed by atoms with Crippen LogP contribution in [-0.4, -0.2) is 86.4 Å². The molecule has 0 radical (unpaired) electrons. The molecule has 3 heterocycles. The van der Waals surface area contributed by atoms with E-state index >= 15 is 0 Å². The van der Waals surface area contributed by atoms with Gasteiger partial charge in [-0.15, -0.1) is 0 Å². The predicted octanol–water partition coefficient (Wildman–Crippen LogP) is 1.17. The molecule has 0 spiro atoms. The third-order valence-electron chi connectivity index (χ3n) is 5.55. The second-order valence-corrected chi connectivity index (χ2v) is 7.83. The van der Waals surface area contributed by atoms with Gasteiger partial charge in [-0.2, -0.15) is 0 Å². The summed E-state index contributed by atoms with van der Waals surface area (Å²) in [7, 11) is 0. The molecule has 0 aliphatic carbocycles. The molecule has 32 heavy (non-hydrogen) atoms. The van der Waals surface area contributed by atoms with Crippen molar-refractivity contribution in [3.05, 3.63) is 23.9 Å². The van der Waals surface area contributed by atoms with E-state index in [1.54, 1.807) is 30.2 Å². The van der Waals surface area contributed by atoms with Gasteiger partial charge in [-0.05, 0) is 38.3 Å².